The van der Waals surface area contributed by atoms with E-state index in [-0.39, 0.29) is 0 Å². The Bertz CT molecular complexity index is 776. The van der Waals surface area contributed by atoms with Gasteiger partial charge in [0, 0.05) is 29.5 Å². The van der Waals surface area contributed by atoms with Gasteiger partial charge in [-0.2, -0.15) is 4.57 Å². The zero-order valence-electron chi connectivity index (χ0n) is 15.5. The van der Waals surface area contributed by atoms with E-state index in [9.17, 15) is 0 Å². The normalized spacial score (nSPS) is 11.1. The molecule has 0 saturated heterocycles. The van der Waals surface area contributed by atoms with Gasteiger partial charge in [0.2, 0.25) is 5.52 Å². The Kier molecular flexibility index (Phi) is 6.62. The number of aryl methyl sites for hydroxylation is 1. The lowest BCUT2D eigenvalue weighted by Crippen LogP contribution is -2.39. The first-order chi connectivity index (χ1) is 12.4. The number of unbranched alkanes of at least 4 members (excludes halogenated alkanes) is 5. The summed E-state index contributed by atoms with van der Waals surface area (Å²) < 4.78 is 2.51. The van der Waals surface area contributed by atoms with Gasteiger partial charge in [0.05, 0.1) is 0 Å². The first-order valence-electron chi connectivity index (χ1n) is 9.83. The molecule has 1 aromatic heterocycles. The van der Waals surface area contributed by atoms with E-state index in [1.807, 2.05) is 0 Å². The van der Waals surface area contributed by atoms with E-state index in [1.54, 1.807) is 0 Å². The van der Waals surface area contributed by atoms with E-state index in [0.29, 0.717) is 0 Å². The van der Waals surface area contributed by atoms with Gasteiger partial charge < -0.3 is 0 Å². The van der Waals surface area contributed by atoms with Crippen LogP contribution in [0.5, 0.6) is 0 Å². The highest BCUT2D eigenvalue weighted by Gasteiger charge is 2.15. The fraction of sp³-hybridized carbons (Fsp3) is 0.375. The molecule has 2 aromatic carbocycles. The lowest BCUT2D eigenvalue weighted by Gasteiger charge is -2.08. The Hall–Kier alpha value is -2.15. The minimum atomic E-state index is 0.952. The van der Waals surface area contributed by atoms with Crippen LogP contribution in [-0.4, -0.2) is 0 Å². The van der Waals surface area contributed by atoms with Crippen molar-refractivity contribution in [1.29, 1.82) is 0 Å². The number of fused-ring (bicyclic) bond motifs is 1. The summed E-state index contributed by atoms with van der Waals surface area (Å²) >= 11 is 0. The average molecular weight is 333 g/mol. The number of para-hydroxylation sites is 1. The molecular formula is C24H30N+. The van der Waals surface area contributed by atoms with Crippen LogP contribution in [0.4, 0.5) is 0 Å². The van der Waals surface area contributed by atoms with E-state index in [0.717, 1.165) is 6.54 Å². The Morgan fingerprint density at radius 3 is 2.24 bits per heavy atom. The minimum absolute atomic E-state index is 0.952. The molecule has 130 valence electrons. The van der Waals surface area contributed by atoms with Gasteiger partial charge in [-0.25, -0.2) is 0 Å². The lowest BCUT2D eigenvalue weighted by molar-refractivity contribution is -0.670. The Labute approximate surface area is 152 Å². The van der Waals surface area contributed by atoms with Crippen LogP contribution in [0.1, 0.15) is 56.7 Å². The molecule has 0 aliphatic carbocycles. The highest BCUT2D eigenvalue weighted by Crippen LogP contribution is 2.14. The molecule has 0 N–H and O–H groups in total. The topological polar surface area (TPSA) is 3.88 Å². The summed E-state index contributed by atoms with van der Waals surface area (Å²) in [4.78, 5) is 0. The van der Waals surface area contributed by atoms with Gasteiger partial charge in [0.15, 0.2) is 12.2 Å². The molecular weight excluding hydrogens is 302 g/mol. The number of hydrogen-bond donors (Lipinski definition) is 0. The molecule has 0 unspecified atom stereocenters. The van der Waals surface area contributed by atoms with Gasteiger partial charge in [-0.1, -0.05) is 81.5 Å². The Morgan fingerprint density at radius 1 is 0.680 bits per heavy atom. The molecule has 1 nitrogen and oxygen atoms in total. The van der Waals surface area contributed by atoms with Crippen molar-refractivity contribution < 1.29 is 4.57 Å². The molecule has 0 bridgehead atoms. The maximum Gasteiger partial charge on any atom is 0.212 e. The molecule has 0 saturated carbocycles. The minimum Gasteiger partial charge on any atom is -0.191 e. The number of hydrogen-bond acceptors (Lipinski definition) is 0. The molecule has 0 atom stereocenters. The molecule has 0 amide bonds. The predicted molar refractivity (Wildman–Crippen MR) is 107 cm³/mol. The van der Waals surface area contributed by atoms with E-state index < -0.39 is 0 Å². The van der Waals surface area contributed by atoms with Crippen LogP contribution in [0.3, 0.4) is 0 Å². The second-order valence-electron chi connectivity index (χ2n) is 6.97. The van der Waals surface area contributed by atoms with Crippen molar-refractivity contribution >= 4 is 10.9 Å². The van der Waals surface area contributed by atoms with Crippen molar-refractivity contribution in [2.45, 2.75) is 58.4 Å². The fourth-order valence-corrected chi connectivity index (χ4v) is 3.56. The van der Waals surface area contributed by atoms with Crippen LogP contribution in [0.25, 0.3) is 10.9 Å². The smallest absolute Gasteiger partial charge is 0.191 e. The zero-order chi connectivity index (χ0) is 17.3. The van der Waals surface area contributed by atoms with Gasteiger partial charge in [0.25, 0.3) is 0 Å². The quantitative estimate of drug-likeness (QED) is 0.330. The van der Waals surface area contributed by atoms with E-state index in [2.05, 4.69) is 78.2 Å². The molecule has 0 radical (unpaired) electrons. The molecule has 0 aliphatic heterocycles. The second-order valence-corrected chi connectivity index (χ2v) is 6.97. The number of rotatable bonds is 9. The molecule has 25 heavy (non-hydrogen) atoms. The van der Waals surface area contributed by atoms with Gasteiger partial charge in [-0.05, 0) is 18.6 Å². The summed E-state index contributed by atoms with van der Waals surface area (Å²) in [6.45, 7) is 3.23. The summed E-state index contributed by atoms with van der Waals surface area (Å²) in [7, 11) is 0. The van der Waals surface area contributed by atoms with Crippen LogP contribution >= 0.6 is 0 Å². The molecule has 3 rings (SSSR count). The highest BCUT2D eigenvalue weighted by atomic mass is 15.0. The summed E-state index contributed by atoms with van der Waals surface area (Å²) in [5, 5.41) is 1.32. The van der Waals surface area contributed by atoms with Gasteiger partial charge in [-0.3, -0.25) is 0 Å². The monoisotopic (exact) mass is 332 g/mol. The molecule has 0 spiro atoms. The number of benzene rings is 2. The van der Waals surface area contributed by atoms with Crippen molar-refractivity contribution in [2.75, 3.05) is 0 Å². The van der Waals surface area contributed by atoms with Crippen molar-refractivity contribution in [3.05, 3.63) is 78.0 Å². The first-order valence-corrected chi connectivity index (χ1v) is 9.83. The summed E-state index contributed by atoms with van der Waals surface area (Å²) in [6, 6.07) is 24.2. The molecule has 1 heteroatoms. The molecule has 1 heterocycles. The molecule has 0 fully saturated rings. The van der Waals surface area contributed by atoms with Gasteiger partial charge in [-0.15, -0.1) is 0 Å². The van der Waals surface area contributed by atoms with E-state index in [4.69, 9.17) is 0 Å². The molecule has 0 aliphatic rings. The maximum atomic E-state index is 2.51. The summed E-state index contributed by atoms with van der Waals surface area (Å²) in [6.07, 6.45) is 9.27. The summed E-state index contributed by atoms with van der Waals surface area (Å²) in [5.41, 5.74) is 4.17. The number of pyridine rings is 1. The standard InChI is InChI=1S/C24H30N/c1-2-3-4-5-6-10-16-23-19-18-22-15-11-12-17-24(22)25(23)20-21-13-8-7-9-14-21/h7-9,11-15,17-19H,2-6,10,16,20H2,1H3/q+1. The van der Waals surface area contributed by atoms with Crippen molar-refractivity contribution in [3.63, 3.8) is 0 Å². The van der Waals surface area contributed by atoms with Gasteiger partial charge >= 0.3 is 0 Å². The first kappa shape index (κ1) is 17.7. The highest BCUT2D eigenvalue weighted by molar-refractivity contribution is 5.75. The van der Waals surface area contributed by atoms with Crippen LogP contribution < -0.4 is 4.57 Å². The van der Waals surface area contributed by atoms with Gasteiger partial charge in [0.1, 0.15) is 0 Å². The number of nitrogens with zero attached hydrogens (tertiary/aromatic N) is 1. The van der Waals surface area contributed by atoms with Crippen LogP contribution in [0, 0.1) is 0 Å². The van der Waals surface area contributed by atoms with Crippen LogP contribution in [0.2, 0.25) is 0 Å². The maximum absolute atomic E-state index is 2.51. The van der Waals surface area contributed by atoms with E-state index >= 15 is 0 Å². The third kappa shape index (κ3) is 4.92. The summed E-state index contributed by atoms with van der Waals surface area (Å²) in [5.74, 6) is 0. The number of aromatic nitrogens is 1. The van der Waals surface area contributed by atoms with Crippen LogP contribution in [0.15, 0.2) is 66.7 Å². The van der Waals surface area contributed by atoms with E-state index in [1.165, 1.54) is 67.1 Å². The fourth-order valence-electron chi connectivity index (χ4n) is 3.56. The second kappa shape index (κ2) is 9.36. The van der Waals surface area contributed by atoms with Crippen molar-refractivity contribution in [3.8, 4) is 0 Å². The Morgan fingerprint density at radius 2 is 1.40 bits per heavy atom. The van der Waals surface area contributed by atoms with Crippen molar-refractivity contribution in [1.82, 2.24) is 0 Å². The zero-order valence-corrected chi connectivity index (χ0v) is 15.5. The third-order valence-corrected chi connectivity index (χ3v) is 5.00. The van der Waals surface area contributed by atoms with Crippen molar-refractivity contribution in [2.24, 2.45) is 0 Å². The largest absolute Gasteiger partial charge is 0.212 e. The third-order valence-electron chi connectivity index (χ3n) is 5.00. The predicted octanol–water partition coefficient (Wildman–Crippen LogP) is 6.08. The Balaban J connectivity index is 1.78. The van der Waals surface area contributed by atoms with Crippen LogP contribution in [-0.2, 0) is 13.0 Å². The average Bonchev–Trinajstić information content (AvgIpc) is 2.67. The molecule has 3 aromatic rings. The SMILES string of the molecule is CCCCCCCCc1ccc2ccccc2[n+]1Cc1ccccc1. The lowest BCUT2D eigenvalue weighted by atomic mass is 10.1.